The number of nitrogens with zero attached hydrogens (tertiary/aromatic N) is 2. The lowest BCUT2D eigenvalue weighted by Crippen LogP contribution is -2.35. The van der Waals surface area contributed by atoms with Gasteiger partial charge in [0, 0.05) is 30.9 Å². The van der Waals surface area contributed by atoms with Crippen LogP contribution in [0.3, 0.4) is 0 Å². The van der Waals surface area contributed by atoms with Gasteiger partial charge in [0.05, 0.1) is 16.5 Å². The first-order chi connectivity index (χ1) is 17.2. The molecule has 1 fully saturated rings. The molecule has 1 saturated heterocycles. The van der Waals surface area contributed by atoms with Crippen LogP contribution in [0.15, 0.2) is 71.6 Å². The van der Waals surface area contributed by atoms with Crippen LogP contribution in [0, 0.1) is 19.8 Å². The Labute approximate surface area is 211 Å². The zero-order valence-corrected chi connectivity index (χ0v) is 21.2. The van der Waals surface area contributed by atoms with E-state index in [9.17, 15) is 18.0 Å². The van der Waals surface area contributed by atoms with Gasteiger partial charge in [-0.05, 0) is 74.2 Å². The van der Waals surface area contributed by atoms with Gasteiger partial charge in [0.1, 0.15) is 0 Å². The van der Waals surface area contributed by atoms with Crippen molar-refractivity contribution in [2.24, 2.45) is 5.92 Å². The van der Waals surface area contributed by atoms with E-state index >= 15 is 0 Å². The zero-order valence-electron chi connectivity index (χ0n) is 20.4. The van der Waals surface area contributed by atoms with Crippen LogP contribution in [0.5, 0.6) is 0 Å². The number of hydrogen-bond acceptors (Lipinski definition) is 4. The van der Waals surface area contributed by atoms with Crippen LogP contribution in [-0.2, 0) is 26.0 Å². The molecule has 1 N–H and O–H groups in total. The summed E-state index contributed by atoms with van der Waals surface area (Å²) in [6.07, 6.45) is 1.77. The van der Waals surface area contributed by atoms with Crippen molar-refractivity contribution in [3.05, 3.63) is 83.4 Å². The summed E-state index contributed by atoms with van der Waals surface area (Å²) in [5, 5.41) is 2.85. The molecule has 2 aliphatic rings. The van der Waals surface area contributed by atoms with Crippen LogP contribution in [0.25, 0.3) is 0 Å². The second kappa shape index (κ2) is 9.43. The van der Waals surface area contributed by atoms with E-state index in [4.69, 9.17) is 0 Å². The monoisotopic (exact) mass is 503 g/mol. The van der Waals surface area contributed by atoms with Gasteiger partial charge in [-0.1, -0.05) is 35.9 Å². The van der Waals surface area contributed by atoms with Crippen LogP contribution in [0.2, 0.25) is 0 Å². The minimum Gasteiger partial charge on any atom is -0.326 e. The number of carbonyl (C=O) groups is 2. The summed E-state index contributed by atoms with van der Waals surface area (Å²) in [4.78, 5) is 27.4. The Morgan fingerprint density at radius 3 is 2.47 bits per heavy atom. The highest BCUT2D eigenvalue weighted by atomic mass is 32.2. The van der Waals surface area contributed by atoms with Crippen LogP contribution >= 0.6 is 0 Å². The van der Waals surface area contributed by atoms with Gasteiger partial charge in [-0.25, -0.2) is 8.42 Å². The molecule has 0 radical (unpaired) electrons. The summed E-state index contributed by atoms with van der Waals surface area (Å²) in [5.41, 5.74) is 5.19. The number of carbonyl (C=O) groups excluding carboxylic acids is 2. The van der Waals surface area contributed by atoms with Crippen molar-refractivity contribution < 1.29 is 18.0 Å². The summed E-state index contributed by atoms with van der Waals surface area (Å²) in [6.45, 7) is 4.71. The van der Waals surface area contributed by atoms with Gasteiger partial charge in [0.2, 0.25) is 11.8 Å². The smallest absolute Gasteiger partial charge is 0.264 e. The zero-order chi connectivity index (χ0) is 25.4. The van der Waals surface area contributed by atoms with Crippen molar-refractivity contribution >= 4 is 38.9 Å². The summed E-state index contributed by atoms with van der Waals surface area (Å²) in [7, 11) is -3.72. The maximum Gasteiger partial charge on any atom is 0.264 e. The second-order valence-corrected chi connectivity index (χ2v) is 11.4. The third-order valence-electron chi connectivity index (χ3n) is 6.92. The second-order valence-electron chi connectivity index (χ2n) is 9.52. The Kier molecular flexibility index (Phi) is 6.30. The molecule has 3 aromatic carbocycles. The number of nitrogens with one attached hydrogen (secondary N) is 1. The maximum atomic E-state index is 13.3. The average Bonchev–Trinajstić information content (AvgIpc) is 3.25. The standard InChI is InChI=1S/C28H29N3O4S/c1-19-9-14-25(20(2)16-19)30-18-22(17-27(30)32)28(33)29-23-10-12-24(13-11-23)36(34,35)31-15-5-7-21-6-3-4-8-26(21)31/h3-4,6,8-14,16,22H,5,7,15,17-18H2,1-2H3,(H,29,33). The molecule has 2 aliphatic heterocycles. The molecule has 1 unspecified atom stereocenters. The molecule has 2 amide bonds. The number of aryl methyl sites for hydroxylation is 3. The van der Waals surface area contributed by atoms with Crippen molar-refractivity contribution in [3.8, 4) is 0 Å². The number of fused-ring (bicyclic) bond motifs is 1. The summed E-state index contributed by atoms with van der Waals surface area (Å²) in [5.74, 6) is -0.812. The molecule has 186 valence electrons. The van der Waals surface area contributed by atoms with Gasteiger partial charge in [-0.3, -0.25) is 13.9 Å². The Balaban J connectivity index is 1.28. The van der Waals surface area contributed by atoms with E-state index in [-0.39, 0.29) is 23.1 Å². The van der Waals surface area contributed by atoms with Gasteiger partial charge in [-0.15, -0.1) is 0 Å². The first-order valence-corrected chi connectivity index (χ1v) is 13.6. The lowest BCUT2D eigenvalue weighted by molar-refractivity contribution is -0.122. The van der Waals surface area contributed by atoms with E-state index in [1.165, 1.54) is 16.4 Å². The highest BCUT2D eigenvalue weighted by Gasteiger charge is 2.36. The predicted molar refractivity (Wildman–Crippen MR) is 141 cm³/mol. The lowest BCUT2D eigenvalue weighted by atomic mass is 10.0. The fourth-order valence-corrected chi connectivity index (χ4v) is 6.60. The molecule has 7 nitrogen and oxygen atoms in total. The molecule has 0 bridgehead atoms. The SMILES string of the molecule is Cc1ccc(N2CC(C(=O)Nc3ccc(S(=O)(=O)N4CCCc5ccccc54)cc3)CC2=O)c(C)c1. The van der Waals surface area contributed by atoms with Crippen molar-refractivity contribution in [1.82, 2.24) is 0 Å². The van der Waals surface area contributed by atoms with Crippen LogP contribution < -0.4 is 14.5 Å². The van der Waals surface area contributed by atoms with Crippen LogP contribution in [-0.4, -0.2) is 33.3 Å². The molecular formula is C28H29N3O4S. The fraction of sp³-hybridized carbons (Fsp3) is 0.286. The molecule has 0 aromatic heterocycles. The molecule has 0 saturated carbocycles. The average molecular weight is 504 g/mol. The fourth-order valence-electron chi connectivity index (χ4n) is 5.05. The first kappa shape index (κ1) is 24.1. The Hall–Kier alpha value is -3.65. The molecule has 5 rings (SSSR count). The Bertz CT molecular complexity index is 1430. The predicted octanol–water partition coefficient (Wildman–Crippen LogP) is 4.44. The van der Waals surface area contributed by atoms with Crippen molar-refractivity contribution in [2.75, 3.05) is 27.6 Å². The molecule has 36 heavy (non-hydrogen) atoms. The molecule has 3 aromatic rings. The first-order valence-electron chi connectivity index (χ1n) is 12.1. The Morgan fingerprint density at radius 1 is 0.972 bits per heavy atom. The number of rotatable bonds is 5. The van der Waals surface area contributed by atoms with Crippen LogP contribution in [0.4, 0.5) is 17.1 Å². The third kappa shape index (κ3) is 4.48. The minimum atomic E-state index is -3.72. The number of anilines is 3. The summed E-state index contributed by atoms with van der Waals surface area (Å²) >= 11 is 0. The molecule has 0 spiro atoms. The lowest BCUT2D eigenvalue weighted by Gasteiger charge is -2.30. The number of amides is 2. The van der Waals surface area contributed by atoms with E-state index < -0.39 is 15.9 Å². The maximum absolute atomic E-state index is 13.3. The summed E-state index contributed by atoms with van der Waals surface area (Å²) in [6, 6.07) is 19.7. The largest absolute Gasteiger partial charge is 0.326 e. The van der Waals surface area contributed by atoms with Gasteiger partial charge >= 0.3 is 0 Å². The highest BCUT2D eigenvalue weighted by Crippen LogP contribution is 2.33. The number of sulfonamides is 1. The van der Waals surface area contributed by atoms with Crippen molar-refractivity contribution in [1.29, 1.82) is 0 Å². The quantitative estimate of drug-likeness (QED) is 0.558. The third-order valence-corrected chi connectivity index (χ3v) is 8.74. The van der Waals surface area contributed by atoms with Gasteiger partial charge in [-0.2, -0.15) is 0 Å². The molecule has 8 heteroatoms. The van der Waals surface area contributed by atoms with E-state index in [1.807, 2.05) is 56.3 Å². The molecule has 2 heterocycles. The van der Waals surface area contributed by atoms with E-state index in [0.29, 0.717) is 18.8 Å². The highest BCUT2D eigenvalue weighted by molar-refractivity contribution is 7.92. The Morgan fingerprint density at radius 2 is 1.72 bits per heavy atom. The van der Waals surface area contributed by atoms with E-state index in [0.717, 1.165) is 40.9 Å². The number of benzene rings is 3. The van der Waals surface area contributed by atoms with Gasteiger partial charge in [0.25, 0.3) is 10.0 Å². The number of para-hydroxylation sites is 1. The summed E-state index contributed by atoms with van der Waals surface area (Å²) < 4.78 is 28.2. The van der Waals surface area contributed by atoms with Crippen molar-refractivity contribution in [2.45, 2.75) is 38.0 Å². The van der Waals surface area contributed by atoms with Gasteiger partial charge in [0.15, 0.2) is 0 Å². The van der Waals surface area contributed by atoms with E-state index in [2.05, 4.69) is 5.32 Å². The minimum absolute atomic E-state index is 0.0784. The molecule has 0 aliphatic carbocycles. The van der Waals surface area contributed by atoms with Crippen molar-refractivity contribution in [3.63, 3.8) is 0 Å². The number of hydrogen-bond donors (Lipinski definition) is 1. The van der Waals surface area contributed by atoms with E-state index in [1.54, 1.807) is 17.0 Å². The molecule has 1 atom stereocenters. The van der Waals surface area contributed by atoms with Crippen LogP contribution in [0.1, 0.15) is 29.5 Å². The molecular weight excluding hydrogens is 474 g/mol. The topological polar surface area (TPSA) is 86.8 Å². The van der Waals surface area contributed by atoms with Gasteiger partial charge < -0.3 is 10.2 Å². The normalized spacial score (nSPS) is 17.7.